The first kappa shape index (κ1) is 17.5. The van der Waals surface area contributed by atoms with Crippen LogP contribution in [-0.2, 0) is 11.2 Å². The summed E-state index contributed by atoms with van der Waals surface area (Å²) in [5.74, 6) is 0.247. The van der Waals surface area contributed by atoms with E-state index in [0.29, 0.717) is 25.0 Å². The van der Waals surface area contributed by atoms with Crippen LogP contribution >= 0.6 is 0 Å². The number of benzene rings is 1. The number of aliphatic imine (C=N–C) groups is 1. The summed E-state index contributed by atoms with van der Waals surface area (Å²) in [6.07, 6.45) is 3.44. The van der Waals surface area contributed by atoms with Gasteiger partial charge in [-0.25, -0.2) is 0 Å². The number of Topliss-reactive ketones (excluding diaryl/α,β-unsaturated/α-hetero) is 1. The van der Waals surface area contributed by atoms with Gasteiger partial charge in [0.25, 0.3) is 0 Å². The zero-order valence-electron chi connectivity index (χ0n) is 14.4. The van der Waals surface area contributed by atoms with Crippen molar-refractivity contribution in [1.82, 2.24) is 0 Å². The van der Waals surface area contributed by atoms with E-state index in [-0.39, 0.29) is 17.0 Å². The summed E-state index contributed by atoms with van der Waals surface area (Å²) in [6, 6.07) is 10.2. The lowest BCUT2D eigenvalue weighted by Crippen LogP contribution is -2.33. The number of aliphatic hydroxyl groups excluding tert-OH is 1. The van der Waals surface area contributed by atoms with Gasteiger partial charge < -0.3 is 5.11 Å². The van der Waals surface area contributed by atoms with Crippen LogP contribution in [0, 0.1) is 5.41 Å². The van der Waals surface area contributed by atoms with E-state index in [9.17, 15) is 9.90 Å². The molecule has 1 saturated carbocycles. The summed E-state index contributed by atoms with van der Waals surface area (Å²) in [4.78, 5) is 17.2. The highest BCUT2D eigenvalue weighted by atomic mass is 16.3. The van der Waals surface area contributed by atoms with E-state index in [2.05, 4.69) is 31.0 Å². The van der Waals surface area contributed by atoms with Crippen molar-refractivity contribution in [3.8, 4) is 0 Å². The second kappa shape index (κ2) is 7.58. The molecule has 0 radical (unpaired) electrons. The number of allylic oxidation sites excluding steroid dienone is 2. The molecule has 2 rings (SSSR count). The standard InChI is InChI=1S/C20H27NO2/c1-4-8-17(22)19-16(13-20(2,3)14-18(19)23)21-12-11-15-9-6-5-7-10-15/h5-7,9-10,22H,4,8,11-14H2,1-3H3. The summed E-state index contributed by atoms with van der Waals surface area (Å²) >= 11 is 0. The van der Waals surface area contributed by atoms with E-state index in [1.165, 1.54) is 5.56 Å². The highest BCUT2D eigenvalue weighted by molar-refractivity contribution is 6.24. The Labute approximate surface area is 139 Å². The monoisotopic (exact) mass is 313 g/mol. The van der Waals surface area contributed by atoms with Crippen molar-refractivity contribution >= 4 is 11.5 Å². The number of hydrogen-bond donors (Lipinski definition) is 1. The lowest BCUT2D eigenvalue weighted by atomic mass is 9.73. The fourth-order valence-electron chi connectivity index (χ4n) is 3.08. The highest BCUT2D eigenvalue weighted by Crippen LogP contribution is 2.35. The van der Waals surface area contributed by atoms with E-state index in [1.54, 1.807) is 0 Å². The maximum absolute atomic E-state index is 12.5. The molecule has 1 aliphatic rings. The van der Waals surface area contributed by atoms with Gasteiger partial charge in [-0.1, -0.05) is 51.1 Å². The van der Waals surface area contributed by atoms with Crippen molar-refractivity contribution in [3.63, 3.8) is 0 Å². The Hall–Kier alpha value is -1.90. The maximum atomic E-state index is 12.5. The van der Waals surface area contributed by atoms with Crippen molar-refractivity contribution in [2.45, 2.75) is 52.9 Å². The molecule has 23 heavy (non-hydrogen) atoms. The molecule has 0 amide bonds. The van der Waals surface area contributed by atoms with Gasteiger partial charge >= 0.3 is 0 Å². The van der Waals surface area contributed by atoms with E-state index in [4.69, 9.17) is 0 Å². The second-order valence-electron chi connectivity index (χ2n) is 7.08. The molecular weight excluding hydrogens is 286 g/mol. The van der Waals surface area contributed by atoms with Gasteiger partial charge in [0.15, 0.2) is 5.78 Å². The Kier molecular flexibility index (Phi) is 5.75. The first-order chi connectivity index (χ1) is 10.9. The number of nitrogens with zero attached hydrogens (tertiary/aromatic N) is 1. The third-order valence-corrected chi connectivity index (χ3v) is 4.17. The molecule has 0 heterocycles. The summed E-state index contributed by atoms with van der Waals surface area (Å²) < 4.78 is 0. The Morgan fingerprint density at radius 3 is 2.57 bits per heavy atom. The molecule has 1 N–H and O–H groups in total. The van der Waals surface area contributed by atoms with Crippen molar-refractivity contribution in [2.24, 2.45) is 10.4 Å². The Balaban J connectivity index is 2.20. The molecule has 0 unspecified atom stereocenters. The molecule has 3 heteroatoms. The molecule has 0 aliphatic heterocycles. The quantitative estimate of drug-likeness (QED) is 0.634. The lowest BCUT2D eigenvalue weighted by Gasteiger charge is -2.31. The zero-order chi connectivity index (χ0) is 16.9. The zero-order valence-corrected chi connectivity index (χ0v) is 14.4. The number of carbonyl (C=O) groups is 1. The lowest BCUT2D eigenvalue weighted by molar-refractivity contribution is -0.117. The number of carbonyl (C=O) groups excluding carboxylic acids is 1. The van der Waals surface area contributed by atoms with Crippen LogP contribution in [0.4, 0.5) is 0 Å². The molecule has 1 aliphatic carbocycles. The fourth-order valence-corrected chi connectivity index (χ4v) is 3.08. The number of rotatable bonds is 5. The first-order valence-electron chi connectivity index (χ1n) is 8.46. The van der Waals surface area contributed by atoms with Gasteiger partial charge in [0.2, 0.25) is 0 Å². The van der Waals surface area contributed by atoms with Crippen molar-refractivity contribution in [1.29, 1.82) is 0 Å². The minimum absolute atomic E-state index is 0.0330. The van der Waals surface area contributed by atoms with E-state index in [0.717, 1.165) is 25.0 Å². The number of aliphatic hydroxyl groups is 1. The molecular formula is C20H27NO2. The second-order valence-corrected chi connectivity index (χ2v) is 7.08. The van der Waals surface area contributed by atoms with Gasteiger partial charge in [0, 0.05) is 25.1 Å². The topological polar surface area (TPSA) is 49.7 Å². The molecule has 0 aromatic heterocycles. The number of ketones is 1. The Morgan fingerprint density at radius 1 is 1.22 bits per heavy atom. The first-order valence-corrected chi connectivity index (χ1v) is 8.46. The average molecular weight is 313 g/mol. The van der Waals surface area contributed by atoms with Crippen LogP contribution in [0.25, 0.3) is 0 Å². The van der Waals surface area contributed by atoms with Crippen molar-refractivity contribution < 1.29 is 9.90 Å². The molecule has 3 nitrogen and oxygen atoms in total. The van der Waals surface area contributed by atoms with Gasteiger partial charge in [-0.2, -0.15) is 0 Å². The highest BCUT2D eigenvalue weighted by Gasteiger charge is 2.35. The molecule has 1 aromatic carbocycles. The van der Waals surface area contributed by atoms with E-state index in [1.807, 2.05) is 25.1 Å². The average Bonchev–Trinajstić information content (AvgIpc) is 2.47. The maximum Gasteiger partial charge on any atom is 0.168 e. The van der Waals surface area contributed by atoms with Gasteiger partial charge in [0.05, 0.1) is 5.57 Å². The van der Waals surface area contributed by atoms with Crippen molar-refractivity contribution in [3.05, 3.63) is 47.2 Å². The van der Waals surface area contributed by atoms with Gasteiger partial charge in [-0.05, 0) is 30.2 Å². The molecule has 1 fully saturated rings. The Morgan fingerprint density at radius 2 is 1.91 bits per heavy atom. The van der Waals surface area contributed by atoms with Crippen LogP contribution in [0.3, 0.4) is 0 Å². The normalized spacial score (nSPS) is 21.5. The Bertz CT molecular complexity index is 612. The van der Waals surface area contributed by atoms with Crippen LogP contribution in [0.15, 0.2) is 46.7 Å². The third kappa shape index (κ3) is 4.78. The minimum atomic E-state index is -0.0847. The molecule has 1 aromatic rings. The molecule has 124 valence electrons. The van der Waals surface area contributed by atoms with Crippen LogP contribution < -0.4 is 0 Å². The molecule has 0 saturated heterocycles. The summed E-state index contributed by atoms with van der Waals surface area (Å²) in [5, 5.41) is 10.3. The van der Waals surface area contributed by atoms with E-state index < -0.39 is 0 Å². The smallest absolute Gasteiger partial charge is 0.168 e. The molecule has 0 bridgehead atoms. The van der Waals surface area contributed by atoms with Crippen LogP contribution in [0.1, 0.15) is 52.0 Å². The molecule has 0 atom stereocenters. The number of hydrogen-bond acceptors (Lipinski definition) is 3. The predicted molar refractivity (Wildman–Crippen MR) is 95.0 cm³/mol. The van der Waals surface area contributed by atoms with Crippen LogP contribution in [0.5, 0.6) is 0 Å². The summed E-state index contributed by atoms with van der Waals surface area (Å²) in [7, 11) is 0. The van der Waals surface area contributed by atoms with Gasteiger partial charge in [-0.3, -0.25) is 9.79 Å². The fraction of sp³-hybridized carbons (Fsp3) is 0.500. The van der Waals surface area contributed by atoms with Crippen LogP contribution in [-0.4, -0.2) is 23.1 Å². The SMILES string of the molecule is CCCC(O)=C1C(=O)CC(C)(C)CC1=NCCc1ccccc1. The predicted octanol–water partition coefficient (Wildman–Crippen LogP) is 4.67. The summed E-state index contributed by atoms with van der Waals surface area (Å²) in [6.45, 7) is 6.82. The van der Waals surface area contributed by atoms with E-state index >= 15 is 0 Å². The van der Waals surface area contributed by atoms with Crippen LogP contribution in [0.2, 0.25) is 0 Å². The summed E-state index contributed by atoms with van der Waals surface area (Å²) in [5.41, 5.74) is 2.42. The minimum Gasteiger partial charge on any atom is -0.511 e. The molecule has 0 spiro atoms. The third-order valence-electron chi connectivity index (χ3n) is 4.17. The van der Waals surface area contributed by atoms with Gasteiger partial charge in [-0.15, -0.1) is 0 Å². The largest absolute Gasteiger partial charge is 0.511 e. The van der Waals surface area contributed by atoms with Crippen molar-refractivity contribution in [2.75, 3.05) is 6.54 Å². The van der Waals surface area contributed by atoms with Gasteiger partial charge in [0.1, 0.15) is 5.76 Å².